The summed E-state index contributed by atoms with van der Waals surface area (Å²) >= 11 is 0. The van der Waals surface area contributed by atoms with Crippen molar-refractivity contribution < 1.29 is 14.3 Å². The van der Waals surface area contributed by atoms with Gasteiger partial charge in [-0.1, -0.05) is 36.4 Å². The summed E-state index contributed by atoms with van der Waals surface area (Å²) in [7, 11) is 0. The van der Waals surface area contributed by atoms with Gasteiger partial charge in [-0.25, -0.2) is 0 Å². The van der Waals surface area contributed by atoms with E-state index in [0.717, 1.165) is 11.1 Å². The number of ether oxygens (including phenoxy) is 2. The highest BCUT2D eigenvalue weighted by molar-refractivity contribution is 6.02. The monoisotopic (exact) mass is 404 g/mol. The molecule has 0 aromatic heterocycles. The van der Waals surface area contributed by atoms with E-state index in [0.29, 0.717) is 36.7 Å². The summed E-state index contributed by atoms with van der Waals surface area (Å²) in [6.07, 6.45) is 3.93. The quantitative estimate of drug-likeness (QED) is 0.344. The topological polar surface area (TPSA) is 71.4 Å². The number of carbonyl (C=O) groups excluding carboxylic acids is 1. The predicted octanol–water partition coefficient (Wildman–Crippen LogP) is 5.00. The van der Waals surface area contributed by atoms with E-state index < -0.39 is 5.91 Å². The highest BCUT2D eigenvalue weighted by atomic mass is 16.5. The molecular formula is C25H28N2O3. The van der Waals surface area contributed by atoms with Gasteiger partial charge in [-0.15, -0.1) is 6.58 Å². The van der Waals surface area contributed by atoms with Gasteiger partial charge < -0.3 is 14.8 Å². The van der Waals surface area contributed by atoms with Gasteiger partial charge in [0, 0.05) is 5.56 Å². The molecule has 0 saturated heterocycles. The molecule has 2 aromatic rings. The molecule has 0 heterocycles. The molecule has 1 N–H and O–H groups in total. The van der Waals surface area contributed by atoms with Crippen LogP contribution in [0.4, 0.5) is 0 Å². The maximum Gasteiger partial charge on any atom is 0.262 e. The number of allylic oxidation sites excluding steroid dienone is 1. The fourth-order valence-electron chi connectivity index (χ4n) is 3.06. The summed E-state index contributed by atoms with van der Waals surface area (Å²) in [4.78, 5) is 12.7. The molecule has 1 atom stereocenters. The number of benzene rings is 2. The molecule has 5 nitrogen and oxygen atoms in total. The molecule has 0 fully saturated rings. The molecule has 0 radical (unpaired) electrons. The van der Waals surface area contributed by atoms with Crippen molar-refractivity contribution in [1.82, 2.24) is 5.32 Å². The number of amides is 1. The van der Waals surface area contributed by atoms with E-state index in [1.54, 1.807) is 18.2 Å². The van der Waals surface area contributed by atoms with E-state index in [1.807, 2.05) is 63.2 Å². The SMILES string of the molecule is C=CCc1cc(/C=C(/C#N)C(=O)N[C@H](C)c2ccccc2)cc(OCC)c1OCC. The molecule has 0 aliphatic carbocycles. The van der Waals surface area contributed by atoms with Crippen LogP contribution in [-0.2, 0) is 11.2 Å². The van der Waals surface area contributed by atoms with Gasteiger partial charge in [-0.05, 0) is 56.5 Å². The Morgan fingerprint density at radius 3 is 2.50 bits per heavy atom. The van der Waals surface area contributed by atoms with Crippen LogP contribution in [0.5, 0.6) is 11.5 Å². The highest BCUT2D eigenvalue weighted by Crippen LogP contribution is 2.34. The van der Waals surface area contributed by atoms with E-state index >= 15 is 0 Å². The highest BCUT2D eigenvalue weighted by Gasteiger charge is 2.16. The molecule has 1 amide bonds. The smallest absolute Gasteiger partial charge is 0.262 e. The van der Waals surface area contributed by atoms with Crippen molar-refractivity contribution in [1.29, 1.82) is 5.26 Å². The number of hydrogen-bond donors (Lipinski definition) is 1. The van der Waals surface area contributed by atoms with E-state index in [9.17, 15) is 10.1 Å². The lowest BCUT2D eigenvalue weighted by Crippen LogP contribution is -2.27. The van der Waals surface area contributed by atoms with Gasteiger partial charge in [-0.3, -0.25) is 4.79 Å². The minimum Gasteiger partial charge on any atom is -0.490 e. The van der Waals surface area contributed by atoms with Gasteiger partial charge in [0.15, 0.2) is 11.5 Å². The molecule has 0 saturated carbocycles. The Morgan fingerprint density at radius 1 is 1.20 bits per heavy atom. The van der Waals surface area contributed by atoms with Crippen LogP contribution in [0.1, 0.15) is 43.5 Å². The van der Waals surface area contributed by atoms with Crippen LogP contribution in [0.25, 0.3) is 6.08 Å². The normalized spacial score (nSPS) is 11.9. The third-order valence-corrected chi connectivity index (χ3v) is 4.43. The number of carbonyl (C=O) groups is 1. The van der Waals surface area contributed by atoms with Gasteiger partial charge in [0.25, 0.3) is 5.91 Å². The maximum absolute atomic E-state index is 12.7. The molecular weight excluding hydrogens is 376 g/mol. The van der Waals surface area contributed by atoms with Crippen LogP contribution in [0.2, 0.25) is 0 Å². The van der Waals surface area contributed by atoms with Gasteiger partial charge in [0.1, 0.15) is 11.6 Å². The molecule has 30 heavy (non-hydrogen) atoms. The van der Waals surface area contributed by atoms with E-state index in [-0.39, 0.29) is 11.6 Å². The third-order valence-electron chi connectivity index (χ3n) is 4.43. The van der Waals surface area contributed by atoms with Crippen LogP contribution >= 0.6 is 0 Å². The number of hydrogen-bond acceptors (Lipinski definition) is 4. The standard InChI is InChI=1S/C25H28N2O3/c1-5-11-21-14-19(16-23(29-6-2)24(21)30-7-3)15-22(17-26)25(28)27-18(4)20-12-9-8-10-13-20/h5,8-10,12-16,18H,1,6-7,11H2,2-4H3,(H,27,28)/b22-15-/t18-/m1/s1. The molecule has 0 unspecified atom stereocenters. The van der Waals surface area contributed by atoms with Crippen molar-refractivity contribution >= 4 is 12.0 Å². The molecule has 0 aliphatic rings. The molecule has 2 rings (SSSR count). The Morgan fingerprint density at radius 2 is 1.90 bits per heavy atom. The van der Waals surface area contributed by atoms with Gasteiger partial charge >= 0.3 is 0 Å². The molecule has 0 bridgehead atoms. The van der Waals surface area contributed by atoms with Crippen LogP contribution < -0.4 is 14.8 Å². The number of nitrogens with one attached hydrogen (secondary N) is 1. The second-order valence-corrected chi connectivity index (χ2v) is 6.64. The minimum absolute atomic E-state index is 0.0222. The summed E-state index contributed by atoms with van der Waals surface area (Å²) in [5.41, 5.74) is 2.57. The van der Waals surface area contributed by atoms with Crippen molar-refractivity contribution in [2.75, 3.05) is 13.2 Å². The van der Waals surface area contributed by atoms with Gasteiger partial charge in [0.2, 0.25) is 0 Å². The average Bonchev–Trinajstić information content (AvgIpc) is 2.75. The van der Waals surface area contributed by atoms with Crippen molar-refractivity contribution in [3.8, 4) is 17.6 Å². The Kier molecular flexibility index (Phi) is 8.71. The fraction of sp³-hybridized carbons (Fsp3) is 0.280. The zero-order chi connectivity index (χ0) is 21.9. The lowest BCUT2D eigenvalue weighted by atomic mass is 10.0. The van der Waals surface area contributed by atoms with Crippen molar-refractivity contribution in [3.63, 3.8) is 0 Å². The second kappa shape index (κ2) is 11.5. The summed E-state index contributed by atoms with van der Waals surface area (Å²) < 4.78 is 11.5. The lowest BCUT2D eigenvalue weighted by Gasteiger charge is -2.16. The molecule has 0 aliphatic heterocycles. The zero-order valence-electron chi connectivity index (χ0n) is 17.8. The van der Waals surface area contributed by atoms with Crippen LogP contribution in [-0.4, -0.2) is 19.1 Å². The van der Waals surface area contributed by atoms with Crippen molar-refractivity contribution in [2.24, 2.45) is 0 Å². The first-order valence-electron chi connectivity index (χ1n) is 10.0. The van der Waals surface area contributed by atoms with E-state index in [4.69, 9.17) is 9.47 Å². The number of nitrogens with zero attached hydrogens (tertiary/aromatic N) is 1. The average molecular weight is 405 g/mol. The Bertz CT molecular complexity index is 943. The van der Waals surface area contributed by atoms with Gasteiger partial charge in [0.05, 0.1) is 19.3 Å². The largest absolute Gasteiger partial charge is 0.490 e. The fourth-order valence-corrected chi connectivity index (χ4v) is 3.06. The van der Waals surface area contributed by atoms with Crippen molar-refractivity contribution in [2.45, 2.75) is 33.2 Å². The first-order chi connectivity index (χ1) is 14.5. The summed E-state index contributed by atoms with van der Waals surface area (Å²) in [5.74, 6) is 0.823. The third kappa shape index (κ3) is 5.99. The van der Waals surface area contributed by atoms with Crippen molar-refractivity contribution in [3.05, 3.63) is 77.4 Å². The number of rotatable bonds is 10. The summed E-state index contributed by atoms with van der Waals surface area (Å²) in [6.45, 7) is 10.5. The van der Waals surface area contributed by atoms with Crippen LogP contribution in [0.3, 0.4) is 0 Å². The molecule has 156 valence electrons. The summed E-state index contributed by atoms with van der Waals surface area (Å²) in [6, 6.07) is 15.1. The second-order valence-electron chi connectivity index (χ2n) is 6.64. The first kappa shape index (κ1) is 22.8. The van der Waals surface area contributed by atoms with E-state index in [2.05, 4.69) is 11.9 Å². The van der Waals surface area contributed by atoms with E-state index in [1.165, 1.54) is 0 Å². The molecule has 0 spiro atoms. The Hall–Kier alpha value is -3.52. The maximum atomic E-state index is 12.7. The Labute approximate surface area is 178 Å². The zero-order valence-corrected chi connectivity index (χ0v) is 17.8. The van der Waals surface area contributed by atoms with Crippen LogP contribution in [0, 0.1) is 11.3 Å². The summed E-state index contributed by atoms with van der Waals surface area (Å²) in [5, 5.41) is 12.5. The Balaban J connectivity index is 2.36. The van der Waals surface area contributed by atoms with Crippen LogP contribution in [0.15, 0.2) is 60.7 Å². The minimum atomic E-state index is -0.425. The first-order valence-corrected chi connectivity index (χ1v) is 10.0. The lowest BCUT2D eigenvalue weighted by molar-refractivity contribution is -0.117. The number of nitriles is 1. The predicted molar refractivity (Wildman–Crippen MR) is 119 cm³/mol. The molecule has 5 heteroatoms. The van der Waals surface area contributed by atoms with Gasteiger partial charge in [-0.2, -0.15) is 5.26 Å². The molecule has 2 aromatic carbocycles.